The molecule has 3 aliphatic rings. The van der Waals surface area contributed by atoms with Crippen molar-refractivity contribution >= 4 is 11.9 Å². The first-order valence-electron chi connectivity index (χ1n) is 5.84. The molecule has 2 aliphatic carbocycles. The molecule has 1 aliphatic heterocycles. The van der Waals surface area contributed by atoms with Crippen LogP contribution < -0.4 is 5.32 Å². The van der Waals surface area contributed by atoms with E-state index in [-0.39, 0.29) is 23.4 Å². The summed E-state index contributed by atoms with van der Waals surface area (Å²) in [5.41, 5.74) is -0.240. The van der Waals surface area contributed by atoms with Gasteiger partial charge in [0.05, 0.1) is 5.41 Å². The molecule has 15 heavy (non-hydrogen) atoms. The lowest BCUT2D eigenvalue weighted by atomic mass is 9.83. The summed E-state index contributed by atoms with van der Waals surface area (Å²) in [5.74, 6) is 0.103. The van der Waals surface area contributed by atoms with E-state index in [4.69, 9.17) is 0 Å². The van der Waals surface area contributed by atoms with E-state index in [0.29, 0.717) is 6.54 Å². The second-order valence-electron chi connectivity index (χ2n) is 5.05. The molecule has 82 valence electrons. The first-order valence-corrected chi connectivity index (χ1v) is 5.84. The largest absolute Gasteiger partial charge is 0.337 e. The van der Waals surface area contributed by atoms with Gasteiger partial charge >= 0.3 is 6.03 Å². The van der Waals surface area contributed by atoms with E-state index in [1.165, 1.54) is 4.90 Å². The summed E-state index contributed by atoms with van der Waals surface area (Å²) in [6.07, 6.45) is 6.15. The summed E-state index contributed by atoms with van der Waals surface area (Å²) in [6, 6.07) is 0.0373. The average Bonchev–Trinajstić information content (AvgIpc) is 2.94. The summed E-state index contributed by atoms with van der Waals surface area (Å²) in [7, 11) is 0. The van der Waals surface area contributed by atoms with Crippen molar-refractivity contribution in [2.75, 3.05) is 6.54 Å². The van der Waals surface area contributed by atoms with Crippen LogP contribution in [-0.2, 0) is 4.79 Å². The highest BCUT2D eigenvalue weighted by atomic mass is 16.2. The molecule has 4 nitrogen and oxygen atoms in total. The third-order valence-electron chi connectivity index (χ3n) is 3.94. The van der Waals surface area contributed by atoms with Gasteiger partial charge in [-0.1, -0.05) is 12.8 Å². The van der Waals surface area contributed by atoms with Crippen LogP contribution in [0.2, 0.25) is 0 Å². The van der Waals surface area contributed by atoms with E-state index >= 15 is 0 Å². The average molecular weight is 208 g/mol. The Balaban J connectivity index is 1.88. The maximum absolute atomic E-state index is 12.3. The van der Waals surface area contributed by atoms with Gasteiger partial charge in [0, 0.05) is 12.6 Å². The highest BCUT2D eigenvalue weighted by Gasteiger charge is 2.52. The number of carbonyl (C=O) groups is 2. The van der Waals surface area contributed by atoms with Crippen molar-refractivity contribution < 1.29 is 9.59 Å². The summed E-state index contributed by atoms with van der Waals surface area (Å²) in [4.78, 5) is 25.4. The molecule has 1 heterocycles. The second-order valence-corrected chi connectivity index (χ2v) is 5.05. The Morgan fingerprint density at radius 3 is 2.47 bits per heavy atom. The first kappa shape index (κ1) is 9.19. The highest BCUT2D eigenvalue weighted by Crippen LogP contribution is 2.43. The van der Waals surface area contributed by atoms with Crippen molar-refractivity contribution in [2.24, 2.45) is 5.41 Å². The lowest BCUT2D eigenvalue weighted by Gasteiger charge is -2.38. The third-order valence-corrected chi connectivity index (χ3v) is 3.94. The fourth-order valence-corrected chi connectivity index (χ4v) is 2.86. The molecule has 2 saturated carbocycles. The zero-order valence-corrected chi connectivity index (χ0v) is 8.79. The number of nitrogens with one attached hydrogen (secondary N) is 1. The van der Waals surface area contributed by atoms with E-state index in [9.17, 15) is 9.59 Å². The smallest absolute Gasteiger partial charge is 0.324 e. The summed E-state index contributed by atoms with van der Waals surface area (Å²) >= 11 is 0. The Bertz CT molecular complexity index is 317. The molecule has 0 aromatic heterocycles. The van der Waals surface area contributed by atoms with E-state index in [2.05, 4.69) is 5.32 Å². The molecular formula is C11H16N2O2. The molecule has 1 spiro atoms. The zero-order chi connectivity index (χ0) is 10.5. The van der Waals surface area contributed by atoms with Crippen LogP contribution in [0.25, 0.3) is 0 Å². The summed E-state index contributed by atoms with van der Waals surface area (Å²) < 4.78 is 0. The molecule has 4 heteroatoms. The predicted molar refractivity (Wildman–Crippen MR) is 54.2 cm³/mol. The first-order chi connectivity index (χ1) is 7.23. The van der Waals surface area contributed by atoms with E-state index < -0.39 is 0 Å². The Labute approximate surface area is 89.0 Å². The molecule has 0 unspecified atom stereocenters. The molecule has 0 aromatic rings. The molecule has 3 amide bonds. The van der Waals surface area contributed by atoms with Crippen LogP contribution in [0.15, 0.2) is 0 Å². The second kappa shape index (κ2) is 2.97. The maximum atomic E-state index is 12.3. The molecule has 1 N–H and O–H groups in total. The summed E-state index contributed by atoms with van der Waals surface area (Å²) in [6.45, 7) is 0.563. The van der Waals surface area contributed by atoms with Gasteiger partial charge in [-0.2, -0.15) is 0 Å². The van der Waals surface area contributed by atoms with E-state index in [0.717, 1.165) is 38.5 Å². The molecule has 3 rings (SSSR count). The lowest BCUT2D eigenvalue weighted by molar-refractivity contribution is -0.140. The number of rotatable bonds is 1. The van der Waals surface area contributed by atoms with Crippen LogP contribution in [0.4, 0.5) is 4.79 Å². The monoisotopic (exact) mass is 208 g/mol. The molecule has 0 radical (unpaired) electrons. The number of urea groups is 1. The van der Waals surface area contributed by atoms with Gasteiger partial charge in [0.2, 0.25) is 5.91 Å². The Morgan fingerprint density at radius 1 is 1.20 bits per heavy atom. The lowest BCUT2D eigenvalue weighted by Crippen LogP contribution is -2.60. The van der Waals surface area contributed by atoms with Crippen LogP contribution in [0.1, 0.15) is 38.5 Å². The molecule has 0 bridgehead atoms. The molecular weight excluding hydrogens is 192 g/mol. The van der Waals surface area contributed by atoms with Gasteiger partial charge in [0.25, 0.3) is 0 Å². The number of imide groups is 1. The number of amides is 3. The Kier molecular flexibility index (Phi) is 1.82. The van der Waals surface area contributed by atoms with Crippen LogP contribution in [-0.4, -0.2) is 29.4 Å². The van der Waals surface area contributed by atoms with Crippen molar-refractivity contribution in [3.05, 3.63) is 0 Å². The van der Waals surface area contributed by atoms with Gasteiger partial charge < -0.3 is 5.32 Å². The van der Waals surface area contributed by atoms with Crippen molar-refractivity contribution in [3.8, 4) is 0 Å². The minimum atomic E-state index is -0.240. The predicted octanol–water partition coefficient (Wildman–Crippen LogP) is 1.26. The Morgan fingerprint density at radius 2 is 1.87 bits per heavy atom. The molecule has 0 aromatic carbocycles. The van der Waals surface area contributed by atoms with Crippen molar-refractivity contribution in [1.29, 1.82) is 0 Å². The normalized spacial score (nSPS) is 29.7. The van der Waals surface area contributed by atoms with Gasteiger partial charge in [0.15, 0.2) is 0 Å². The topological polar surface area (TPSA) is 49.4 Å². The number of hydrogen-bond donors (Lipinski definition) is 1. The van der Waals surface area contributed by atoms with Crippen molar-refractivity contribution in [3.63, 3.8) is 0 Å². The minimum absolute atomic E-state index is 0.103. The summed E-state index contributed by atoms with van der Waals surface area (Å²) in [5, 5.41) is 2.88. The Hall–Kier alpha value is -1.06. The van der Waals surface area contributed by atoms with Gasteiger partial charge in [-0.05, 0) is 25.7 Å². The minimum Gasteiger partial charge on any atom is -0.337 e. The zero-order valence-electron chi connectivity index (χ0n) is 8.79. The fraction of sp³-hybridized carbons (Fsp3) is 0.818. The maximum Gasteiger partial charge on any atom is 0.324 e. The molecule has 3 fully saturated rings. The number of nitrogens with zero attached hydrogens (tertiary/aromatic N) is 1. The quantitative estimate of drug-likeness (QED) is 0.705. The van der Waals surface area contributed by atoms with Crippen LogP contribution in [0.3, 0.4) is 0 Å². The SMILES string of the molecule is O=C1NCC2(CCCC2)C(=O)N1C1CC1. The fourth-order valence-electron chi connectivity index (χ4n) is 2.86. The van der Waals surface area contributed by atoms with Crippen LogP contribution in [0.5, 0.6) is 0 Å². The number of carbonyl (C=O) groups excluding carboxylic acids is 2. The van der Waals surface area contributed by atoms with Crippen LogP contribution in [0, 0.1) is 5.41 Å². The molecule has 0 atom stereocenters. The van der Waals surface area contributed by atoms with Crippen molar-refractivity contribution in [2.45, 2.75) is 44.6 Å². The van der Waals surface area contributed by atoms with Gasteiger partial charge in [-0.15, -0.1) is 0 Å². The van der Waals surface area contributed by atoms with Gasteiger partial charge in [-0.3, -0.25) is 9.69 Å². The third kappa shape index (κ3) is 1.27. The van der Waals surface area contributed by atoms with E-state index in [1.54, 1.807) is 0 Å². The standard InChI is InChI=1S/C11H16N2O2/c14-9-11(5-1-2-6-11)7-12-10(15)13(9)8-3-4-8/h8H,1-7H2,(H,12,15). The number of hydrogen-bond acceptors (Lipinski definition) is 2. The van der Waals surface area contributed by atoms with Crippen LogP contribution >= 0.6 is 0 Å². The van der Waals surface area contributed by atoms with Crippen molar-refractivity contribution in [1.82, 2.24) is 10.2 Å². The van der Waals surface area contributed by atoms with Gasteiger partial charge in [0.1, 0.15) is 0 Å². The highest BCUT2D eigenvalue weighted by molar-refractivity contribution is 6.00. The molecule has 1 saturated heterocycles. The van der Waals surface area contributed by atoms with E-state index in [1.807, 2.05) is 0 Å². The van der Waals surface area contributed by atoms with Gasteiger partial charge in [-0.25, -0.2) is 4.79 Å².